The summed E-state index contributed by atoms with van der Waals surface area (Å²) >= 11 is 0. The Morgan fingerprint density at radius 2 is 1.88 bits per heavy atom. The quantitative estimate of drug-likeness (QED) is 0.699. The zero-order chi connectivity index (χ0) is 23.0. The molecule has 0 saturated carbocycles. The summed E-state index contributed by atoms with van der Waals surface area (Å²) in [6, 6.07) is 10.0. The lowest BCUT2D eigenvalue weighted by Gasteiger charge is -2.49. The van der Waals surface area contributed by atoms with Crippen LogP contribution in [0.5, 0.6) is 0 Å². The molecule has 1 amide bonds. The van der Waals surface area contributed by atoms with Crippen molar-refractivity contribution in [2.75, 3.05) is 36.0 Å². The van der Waals surface area contributed by atoms with Crippen LogP contribution in [0.2, 0.25) is 0 Å². The molecule has 0 aromatic heterocycles. The van der Waals surface area contributed by atoms with E-state index in [2.05, 4.69) is 5.32 Å². The summed E-state index contributed by atoms with van der Waals surface area (Å²) in [5.74, 6) is -0.775. The minimum Gasteiger partial charge on any atom is -0.365 e. The number of nitrogens with zero attached hydrogens (tertiary/aromatic N) is 2. The molecule has 32 heavy (non-hydrogen) atoms. The standard InChI is InChI=1S/C24H27F4N3O/c1-15(2)13-29-23(32)18-12-16-11-17(24(26,27)28)7-8-20(16)31-10-9-30(14-22(18)31)21-6-4-3-5-19(21)25/h3-8,11,15,18,22H,9-10,12-14H2,1-2H3,(H,29,32). The molecule has 4 rings (SSSR count). The fraction of sp³-hybridized carbons (Fsp3) is 0.458. The number of para-hydroxylation sites is 1. The molecule has 0 spiro atoms. The van der Waals surface area contributed by atoms with Gasteiger partial charge in [-0.25, -0.2) is 4.39 Å². The lowest BCUT2D eigenvalue weighted by atomic mass is 9.82. The Kier molecular flexibility index (Phi) is 6.05. The van der Waals surface area contributed by atoms with Gasteiger partial charge in [-0.1, -0.05) is 26.0 Å². The number of carbonyl (C=O) groups excluding carboxylic acids is 1. The number of carbonyl (C=O) groups is 1. The maximum Gasteiger partial charge on any atom is 0.416 e. The Hall–Kier alpha value is -2.77. The Labute approximate surface area is 185 Å². The third-order valence-corrected chi connectivity index (χ3v) is 6.25. The molecule has 1 saturated heterocycles. The highest BCUT2D eigenvalue weighted by atomic mass is 19.4. The monoisotopic (exact) mass is 449 g/mol. The van der Waals surface area contributed by atoms with E-state index < -0.39 is 17.7 Å². The number of halogens is 4. The van der Waals surface area contributed by atoms with Gasteiger partial charge in [0.15, 0.2) is 0 Å². The van der Waals surface area contributed by atoms with Crippen LogP contribution >= 0.6 is 0 Å². The summed E-state index contributed by atoms with van der Waals surface area (Å²) in [5, 5.41) is 2.95. The molecule has 0 bridgehead atoms. The van der Waals surface area contributed by atoms with E-state index in [1.54, 1.807) is 18.2 Å². The number of nitrogens with one attached hydrogen (secondary N) is 1. The second-order valence-corrected chi connectivity index (χ2v) is 8.95. The SMILES string of the molecule is CC(C)CNC(=O)C1Cc2cc(C(F)(F)F)ccc2N2CCN(c3ccccc3F)CC12. The molecule has 0 radical (unpaired) electrons. The van der Waals surface area contributed by atoms with Gasteiger partial charge >= 0.3 is 6.18 Å². The van der Waals surface area contributed by atoms with Gasteiger partial charge in [-0.05, 0) is 48.2 Å². The van der Waals surface area contributed by atoms with Crippen LogP contribution in [0.4, 0.5) is 28.9 Å². The van der Waals surface area contributed by atoms with Crippen LogP contribution in [0.25, 0.3) is 0 Å². The van der Waals surface area contributed by atoms with Crippen LogP contribution in [-0.2, 0) is 17.4 Å². The Bertz CT molecular complexity index is 991. The van der Waals surface area contributed by atoms with E-state index in [0.717, 1.165) is 17.8 Å². The number of hydrogen-bond acceptors (Lipinski definition) is 3. The first-order chi connectivity index (χ1) is 15.1. The van der Waals surface area contributed by atoms with E-state index in [9.17, 15) is 22.4 Å². The molecule has 2 aromatic carbocycles. The molecule has 172 valence electrons. The molecule has 4 nitrogen and oxygen atoms in total. The maximum absolute atomic E-state index is 14.4. The van der Waals surface area contributed by atoms with E-state index >= 15 is 0 Å². The first-order valence-electron chi connectivity index (χ1n) is 10.9. The van der Waals surface area contributed by atoms with Gasteiger partial charge in [-0.2, -0.15) is 13.2 Å². The summed E-state index contributed by atoms with van der Waals surface area (Å²) in [6.07, 6.45) is -4.22. The molecule has 2 unspecified atom stereocenters. The van der Waals surface area contributed by atoms with Gasteiger partial charge in [0.2, 0.25) is 5.91 Å². The minimum atomic E-state index is -4.44. The third kappa shape index (κ3) is 4.40. The third-order valence-electron chi connectivity index (χ3n) is 6.25. The predicted octanol–water partition coefficient (Wildman–Crippen LogP) is 4.48. The van der Waals surface area contributed by atoms with Gasteiger partial charge < -0.3 is 15.1 Å². The second-order valence-electron chi connectivity index (χ2n) is 8.95. The summed E-state index contributed by atoms with van der Waals surface area (Å²) < 4.78 is 54.3. The smallest absolute Gasteiger partial charge is 0.365 e. The molecule has 8 heteroatoms. The van der Waals surface area contributed by atoms with Crippen LogP contribution in [0.1, 0.15) is 25.0 Å². The number of piperazine rings is 1. The average Bonchev–Trinajstić information content (AvgIpc) is 2.75. The van der Waals surface area contributed by atoms with E-state index in [4.69, 9.17) is 0 Å². The molecule has 2 aliphatic heterocycles. The van der Waals surface area contributed by atoms with E-state index in [1.165, 1.54) is 12.1 Å². The maximum atomic E-state index is 14.4. The summed E-state index contributed by atoms with van der Waals surface area (Å²) in [4.78, 5) is 17.1. The van der Waals surface area contributed by atoms with Crippen molar-refractivity contribution in [2.24, 2.45) is 11.8 Å². The summed E-state index contributed by atoms with van der Waals surface area (Å²) in [5.41, 5.74) is 1.02. The number of rotatable bonds is 4. The van der Waals surface area contributed by atoms with Crippen LogP contribution in [-0.4, -0.2) is 38.1 Å². The van der Waals surface area contributed by atoms with Gasteiger partial charge in [0.05, 0.1) is 23.2 Å². The number of hydrogen-bond donors (Lipinski definition) is 1. The van der Waals surface area contributed by atoms with Crippen LogP contribution < -0.4 is 15.1 Å². The van der Waals surface area contributed by atoms with Gasteiger partial charge in [0.25, 0.3) is 0 Å². The van der Waals surface area contributed by atoms with Crippen molar-refractivity contribution >= 4 is 17.3 Å². The van der Waals surface area contributed by atoms with Crippen molar-refractivity contribution in [3.8, 4) is 0 Å². The highest BCUT2D eigenvalue weighted by Crippen LogP contribution is 2.40. The molecule has 1 N–H and O–H groups in total. The highest BCUT2D eigenvalue weighted by molar-refractivity contribution is 5.82. The topological polar surface area (TPSA) is 35.6 Å². The Morgan fingerprint density at radius 1 is 1.12 bits per heavy atom. The number of benzene rings is 2. The fourth-order valence-corrected chi connectivity index (χ4v) is 4.66. The molecule has 0 aliphatic carbocycles. The predicted molar refractivity (Wildman–Crippen MR) is 116 cm³/mol. The molecule has 1 fully saturated rings. The first-order valence-corrected chi connectivity index (χ1v) is 10.9. The number of fused-ring (bicyclic) bond motifs is 3. The van der Waals surface area contributed by atoms with Crippen molar-refractivity contribution in [3.63, 3.8) is 0 Å². The van der Waals surface area contributed by atoms with Crippen molar-refractivity contribution < 1.29 is 22.4 Å². The highest BCUT2D eigenvalue weighted by Gasteiger charge is 2.43. The summed E-state index contributed by atoms with van der Waals surface area (Å²) in [6.45, 7) is 5.89. The van der Waals surface area contributed by atoms with Gasteiger partial charge in [-0.15, -0.1) is 0 Å². The average molecular weight is 449 g/mol. The van der Waals surface area contributed by atoms with Crippen molar-refractivity contribution in [3.05, 3.63) is 59.4 Å². The Morgan fingerprint density at radius 3 is 2.56 bits per heavy atom. The minimum absolute atomic E-state index is 0.174. The zero-order valence-corrected chi connectivity index (χ0v) is 18.1. The molecule has 2 aromatic rings. The summed E-state index contributed by atoms with van der Waals surface area (Å²) in [7, 11) is 0. The van der Waals surface area contributed by atoms with E-state index in [-0.39, 0.29) is 30.1 Å². The van der Waals surface area contributed by atoms with Crippen LogP contribution in [0.3, 0.4) is 0 Å². The second kappa shape index (κ2) is 8.64. The van der Waals surface area contributed by atoms with Crippen molar-refractivity contribution in [1.29, 1.82) is 0 Å². The van der Waals surface area contributed by atoms with Crippen molar-refractivity contribution in [2.45, 2.75) is 32.5 Å². The zero-order valence-electron chi connectivity index (χ0n) is 18.1. The number of anilines is 2. The van der Waals surface area contributed by atoms with Gasteiger partial charge in [0.1, 0.15) is 5.82 Å². The molecule has 2 heterocycles. The van der Waals surface area contributed by atoms with E-state index in [0.29, 0.717) is 37.4 Å². The van der Waals surface area contributed by atoms with Crippen LogP contribution in [0.15, 0.2) is 42.5 Å². The number of amides is 1. The molecular formula is C24H27F4N3O. The Balaban J connectivity index is 1.68. The van der Waals surface area contributed by atoms with Crippen molar-refractivity contribution in [1.82, 2.24) is 5.32 Å². The number of alkyl halides is 3. The molecule has 2 aliphatic rings. The van der Waals surface area contributed by atoms with Gasteiger partial charge in [-0.3, -0.25) is 4.79 Å². The molecular weight excluding hydrogens is 422 g/mol. The lowest BCUT2D eigenvalue weighted by molar-refractivity contribution is -0.137. The van der Waals surface area contributed by atoms with Crippen LogP contribution in [0, 0.1) is 17.7 Å². The largest absolute Gasteiger partial charge is 0.416 e. The van der Waals surface area contributed by atoms with E-state index in [1.807, 2.05) is 23.6 Å². The fourth-order valence-electron chi connectivity index (χ4n) is 4.66. The lowest BCUT2D eigenvalue weighted by Crippen LogP contribution is -2.61. The van der Waals surface area contributed by atoms with Gasteiger partial charge in [0, 0.05) is 31.9 Å². The molecule has 2 atom stereocenters. The first kappa shape index (κ1) is 22.4. The normalized spacial score (nSPS) is 20.7.